The largest absolute Gasteiger partial charge is 0.368 e. The molecular formula is C26H23FN2O4S. The summed E-state index contributed by atoms with van der Waals surface area (Å²) in [6.07, 6.45) is 0.480. The fourth-order valence-electron chi connectivity index (χ4n) is 4.57. The molecule has 1 aromatic heterocycles. The summed E-state index contributed by atoms with van der Waals surface area (Å²) in [5.41, 5.74) is 2.14. The molecule has 0 saturated carbocycles. The molecule has 3 aromatic rings. The maximum absolute atomic E-state index is 13.5. The van der Waals surface area contributed by atoms with E-state index in [0.717, 1.165) is 10.4 Å². The number of amides is 2. The number of hydrogen-bond donors (Lipinski definition) is 1. The van der Waals surface area contributed by atoms with Crippen LogP contribution in [0.1, 0.15) is 22.3 Å². The van der Waals surface area contributed by atoms with E-state index in [-0.39, 0.29) is 42.5 Å². The number of thiophene rings is 1. The number of halogens is 1. The van der Waals surface area contributed by atoms with E-state index in [4.69, 9.17) is 4.74 Å². The number of carbonyl (C=O) groups excluding carboxylic acids is 3. The van der Waals surface area contributed by atoms with Crippen LogP contribution in [0.15, 0.2) is 66.0 Å². The number of fused-ring (bicyclic) bond motifs is 1. The maximum Gasteiger partial charge on any atom is 0.251 e. The second kappa shape index (κ2) is 9.48. The molecule has 2 aromatic carbocycles. The minimum absolute atomic E-state index is 0.00465. The number of likely N-dealkylation sites (tertiary alicyclic amines) is 1. The van der Waals surface area contributed by atoms with Gasteiger partial charge in [-0.15, -0.1) is 11.3 Å². The lowest BCUT2D eigenvalue weighted by Crippen LogP contribution is -2.53. The van der Waals surface area contributed by atoms with E-state index in [9.17, 15) is 18.8 Å². The van der Waals surface area contributed by atoms with Gasteiger partial charge in [0, 0.05) is 23.4 Å². The highest BCUT2D eigenvalue weighted by Crippen LogP contribution is 2.28. The van der Waals surface area contributed by atoms with Crippen LogP contribution in [0.4, 0.5) is 4.39 Å². The zero-order chi connectivity index (χ0) is 23.7. The molecule has 0 bridgehead atoms. The Labute approximate surface area is 200 Å². The van der Waals surface area contributed by atoms with Crippen LogP contribution in [-0.2, 0) is 20.7 Å². The van der Waals surface area contributed by atoms with E-state index >= 15 is 0 Å². The number of hydrogen-bond acceptors (Lipinski definition) is 5. The Morgan fingerprint density at radius 1 is 1.12 bits per heavy atom. The van der Waals surface area contributed by atoms with Crippen molar-refractivity contribution >= 4 is 28.9 Å². The van der Waals surface area contributed by atoms with E-state index in [1.807, 2.05) is 29.6 Å². The highest BCUT2D eigenvalue weighted by molar-refractivity contribution is 7.13. The van der Waals surface area contributed by atoms with Gasteiger partial charge in [-0.3, -0.25) is 14.4 Å². The average molecular weight is 479 g/mol. The number of ether oxygens (including phenoxy) is 1. The van der Waals surface area contributed by atoms with Crippen LogP contribution >= 0.6 is 11.3 Å². The van der Waals surface area contributed by atoms with Gasteiger partial charge in [-0.2, -0.15) is 0 Å². The molecule has 3 atom stereocenters. The number of nitrogens with zero attached hydrogens (tertiary/aromatic N) is 1. The number of ketones is 1. The van der Waals surface area contributed by atoms with Crippen LogP contribution in [-0.4, -0.2) is 53.8 Å². The first-order valence-corrected chi connectivity index (χ1v) is 12.0. The van der Waals surface area contributed by atoms with E-state index in [0.29, 0.717) is 24.1 Å². The highest BCUT2D eigenvalue weighted by atomic mass is 32.1. The van der Waals surface area contributed by atoms with Gasteiger partial charge >= 0.3 is 0 Å². The zero-order valence-corrected chi connectivity index (χ0v) is 19.1. The smallest absolute Gasteiger partial charge is 0.251 e. The molecule has 2 amide bonds. The van der Waals surface area contributed by atoms with Gasteiger partial charge in [-0.1, -0.05) is 30.3 Å². The molecule has 2 fully saturated rings. The molecular weight excluding hydrogens is 455 g/mol. The van der Waals surface area contributed by atoms with Gasteiger partial charge in [-0.25, -0.2) is 4.39 Å². The van der Waals surface area contributed by atoms with Gasteiger partial charge in [0.15, 0.2) is 5.78 Å². The van der Waals surface area contributed by atoms with Crippen molar-refractivity contribution in [1.29, 1.82) is 0 Å². The van der Waals surface area contributed by atoms with Gasteiger partial charge in [-0.05, 0) is 53.3 Å². The Kier molecular flexibility index (Phi) is 6.26. The van der Waals surface area contributed by atoms with Crippen LogP contribution in [0.25, 0.3) is 10.4 Å². The lowest BCUT2D eigenvalue weighted by Gasteiger charge is -2.27. The van der Waals surface area contributed by atoms with Crippen LogP contribution in [0.3, 0.4) is 0 Å². The first-order valence-electron chi connectivity index (χ1n) is 11.1. The Hall–Kier alpha value is -3.36. The SMILES string of the molecule is O=C(N[C@@H](Cc1ccc(F)cc1)C(=O)N1CCC2OCC(=O)C21)c1ccc(-c2cccs2)cc1. The number of benzene rings is 2. The maximum atomic E-state index is 13.5. The summed E-state index contributed by atoms with van der Waals surface area (Å²) in [7, 11) is 0. The average Bonchev–Trinajstić information content (AvgIpc) is 3.60. The molecule has 2 aliphatic rings. The van der Waals surface area contributed by atoms with Crippen molar-refractivity contribution in [2.75, 3.05) is 13.2 Å². The number of rotatable bonds is 6. The summed E-state index contributed by atoms with van der Waals surface area (Å²) in [5.74, 6) is -1.22. The van der Waals surface area contributed by atoms with Crippen LogP contribution in [0.5, 0.6) is 0 Å². The predicted octanol–water partition coefficient (Wildman–Crippen LogP) is 3.46. The minimum Gasteiger partial charge on any atom is -0.368 e. The van der Waals surface area contributed by atoms with Crippen molar-refractivity contribution in [2.45, 2.75) is 31.0 Å². The molecule has 0 radical (unpaired) electrons. The molecule has 8 heteroatoms. The molecule has 5 rings (SSSR count). The van der Waals surface area contributed by atoms with Gasteiger partial charge in [0.2, 0.25) is 5.91 Å². The second-order valence-corrected chi connectivity index (χ2v) is 9.44. The van der Waals surface area contributed by atoms with Gasteiger partial charge in [0.25, 0.3) is 5.91 Å². The molecule has 3 heterocycles. The number of Topliss-reactive ketones (excluding diaryl/α,β-unsaturated/α-hetero) is 1. The lowest BCUT2D eigenvalue weighted by molar-refractivity contribution is -0.138. The molecule has 174 valence electrons. The summed E-state index contributed by atoms with van der Waals surface area (Å²) in [6.45, 7) is 0.399. The van der Waals surface area contributed by atoms with Crippen LogP contribution < -0.4 is 5.32 Å². The summed E-state index contributed by atoms with van der Waals surface area (Å²) in [4.78, 5) is 41.5. The van der Waals surface area contributed by atoms with E-state index in [2.05, 4.69) is 5.32 Å². The topological polar surface area (TPSA) is 75.7 Å². The van der Waals surface area contributed by atoms with Gasteiger partial charge in [0.05, 0.1) is 6.10 Å². The molecule has 6 nitrogen and oxygen atoms in total. The quantitative estimate of drug-likeness (QED) is 0.589. The standard InChI is InChI=1S/C26H23FN2O4S/c27-19-9-3-16(4-10-19)14-20(26(32)29-12-11-22-24(29)21(30)15-33-22)28-25(31)18-7-5-17(6-8-18)23-2-1-13-34-23/h1-10,13,20,22,24H,11-12,14-15H2,(H,28,31)/t20-,22?,24?/m0/s1. The fraction of sp³-hybridized carbons (Fsp3) is 0.269. The third-order valence-electron chi connectivity index (χ3n) is 6.30. The molecule has 2 aliphatic heterocycles. The fourth-order valence-corrected chi connectivity index (χ4v) is 5.30. The lowest BCUT2D eigenvalue weighted by atomic mass is 10.0. The van der Waals surface area contributed by atoms with E-state index in [1.165, 1.54) is 17.0 Å². The van der Waals surface area contributed by atoms with Gasteiger partial charge < -0.3 is 15.0 Å². The monoisotopic (exact) mass is 478 g/mol. The van der Waals surface area contributed by atoms with E-state index in [1.54, 1.807) is 35.6 Å². The molecule has 2 saturated heterocycles. The highest BCUT2D eigenvalue weighted by Gasteiger charge is 2.48. The van der Waals surface area contributed by atoms with Gasteiger partial charge in [0.1, 0.15) is 24.5 Å². The number of nitrogens with one attached hydrogen (secondary N) is 1. The first-order chi connectivity index (χ1) is 16.5. The predicted molar refractivity (Wildman–Crippen MR) is 126 cm³/mol. The molecule has 1 N–H and O–H groups in total. The third-order valence-corrected chi connectivity index (χ3v) is 7.22. The molecule has 0 aliphatic carbocycles. The zero-order valence-electron chi connectivity index (χ0n) is 18.3. The normalized spacial score (nSPS) is 20.3. The molecule has 34 heavy (non-hydrogen) atoms. The summed E-state index contributed by atoms with van der Waals surface area (Å²) >= 11 is 1.61. The number of carbonyl (C=O) groups is 3. The third kappa shape index (κ3) is 4.51. The van der Waals surface area contributed by atoms with Crippen molar-refractivity contribution < 1.29 is 23.5 Å². The summed E-state index contributed by atoms with van der Waals surface area (Å²) in [5, 5.41) is 4.84. The Morgan fingerprint density at radius 3 is 2.59 bits per heavy atom. The summed E-state index contributed by atoms with van der Waals surface area (Å²) < 4.78 is 18.9. The molecule has 2 unspecified atom stereocenters. The summed E-state index contributed by atoms with van der Waals surface area (Å²) in [6, 6.07) is 15.5. The van der Waals surface area contributed by atoms with Crippen molar-refractivity contribution in [1.82, 2.24) is 10.2 Å². The Balaban J connectivity index is 1.36. The first kappa shape index (κ1) is 22.4. The van der Waals surface area contributed by atoms with Crippen LogP contribution in [0.2, 0.25) is 0 Å². The van der Waals surface area contributed by atoms with E-state index < -0.39 is 12.1 Å². The second-order valence-electron chi connectivity index (χ2n) is 8.49. The Bertz CT molecular complexity index is 1190. The minimum atomic E-state index is -0.901. The van der Waals surface area contributed by atoms with Crippen molar-refractivity contribution in [3.05, 3.63) is 83.0 Å². The van der Waals surface area contributed by atoms with Crippen molar-refractivity contribution in [3.63, 3.8) is 0 Å². The Morgan fingerprint density at radius 2 is 1.88 bits per heavy atom. The van der Waals surface area contributed by atoms with Crippen molar-refractivity contribution in [2.24, 2.45) is 0 Å². The molecule has 0 spiro atoms. The van der Waals surface area contributed by atoms with Crippen molar-refractivity contribution in [3.8, 4) is 10.4 Å². The van der Waals surface area contributed by atoms with Crippen LogP contribution in [0, 0.1) is 5.82 Å².